The molecule has 4 nitrogen and oxygen atoms in total. The van der Waals surface area contributed by atoms with Crippen molar-refractivity contribution in [2.24, 2.45) is 0 Å². The molecule has 2 aromatic rings. The normalized spacial score (nSPS) is 12.8. The van der Waals surface area contributed by atoms with Crippen LogP contribution in [0.5, 0.6) is 5.75 Å². The van der Waals surface area contributed by atoms with E-state index in [0.717, 1.165) is 4.47 Å². The van der Waals surface area contributed by atoms with Crippen LogP contribution in [0.4, 0.5) is 0 Å². The highest BCUT2D eigenvalue weighted by Crippen LogP contribution is 2.35. The van der Waals surface area contributed by atoms with Gasteiger partial charge in [0.05, 0.1) is 24.0 Å². The molecule has 0 aliphatic carbocycles. The van der Waals surface area contributed by atoms with Crippen LogP contribution < -0.4 is 4.74 Å². The molecule has 1 unspecified atom stereocenters. The number of aliphatic hydroxyl groups excluding tert-OH is 1. The van der Waals surface area contributed by atoms with E-state index in [4.69, 9.17) is 16.3 Å². The molecule has 0 amide bonds. The summed E-state index contributed by atoms with van der Waals surface area (Å²) in [6.45, 7) is 3.97. The van der Waals surface area contributed by atoms with Gasteiger partial charge in [0.25, 0.3) is 0 Å². The highest BCUT2D eigenvalue weighted by molar-refractivity contribution is 9.10. The van der Waals surface area contributed by atoms with Gasteiger partial charge in [-0.1, -0.05) is 27.5 Å². The Morgan fingerprint density at radius 1 is 1.40 bits per heavy atom. The molecule has 1 N–H and O–H groups in total. The van der Waals surface area contributed by atoms with Gasteiger partial charge < -0.3 is 9.84 Å². The van der Waals surface area contributed by atoms with Crippen LogP contribution in [0.25, 0.3) is 0 Å². The Hall–Kier alpha value is -1.04. The van der Waals surface area contributed by atoms with Gasteiger partial charge >= 0.3 is 0 Å². The summed E-state index contributed by atoms with van der Waals surface area (Å²) in [6, 6.07) is 5.54. The van der Waals surface area contributed by atoms with Gasteiger partial charge in [-0.25, -0.2) is 0 Å². The first-order valence-electron chi connectivity index (χ1n) is 6.20. The lowest BCUT2D eigenvalue weighted by molar-refractivity contribution is 0.204. The van der Waals surface area contributed by atoms with Gasteiger partial charge in [0.2, 0.25) is 0 Å². The van der Waals surface area contributed by atoms with Crippen molar-refractivity contribution in [1.82, 2.24) is 9.78 Å². The maximum absolute atomic E-state index is 10.7. The third-order valence-electron chi connectivity index (χ3n) is 3.03. The minimum absolute atomic E-state index is 0.108. The molecule has 0 saturated carbocycles. The molecule has 6 heteroatoms. The fraction of sp³-hybridized carbons (Fsp3) is 0.357. The zero-order chi connectivity index (χ0) is 14.9. The predicted molar refractivity (Wildman–Crippen MR) is 82.4 cm³/mol. The first kappa shape index (κ1) is 15.4. The third-order valence-corrected chi connectivity index (χ3v) is 4.05. The first-order valence-corrected chi connectivity index (χ1v) is 7.37. The number of aromatic nitrogens is 2. The summed E-state index contributed by atoms with van der Waals surface area (Å²) in [6.07, 6.45) is 0.672. The number of halogens is 2. The summed E-state index contributed by atoms with van der Waals surface area (Å²) < 4.78 is 7.71. The molecule has 1 atom stereocenters. The van der Waals surface area contributed by atoms with E-state index >= 15 is 0 Å². The van der Waals surface area contributed by atoms with E-state index in [2.05, 4.69) is 21.0 Å². The minimum Gasteiger partial charge on any atom is -0.497 e. The van der Waals surface area contributed by atoms with E-state index in [-0.39, 0.29) is 6.04 Å². The molecule has 1 aromatic carbocycles. The number of methoxy groups -OCH3 is 1. The maximum Gasteiger partial charge on any atom is 0.123 e. The lowest BCUT2D eigenvalue weighted by Crippen LogP contribution is -2.13. The van der Waals surface area contributed by atoms with Crippen LogP contribution in [0.1, 0.15) is 37.3 Å². The average molecular weight is 360 g/mol. The molecule has 2 rings (SSSR count). The lowest BCUT2D eigenvalue weighted by atomic mass is 10.1. The van der Waals surface area contributed by atoms with Crippen LogP contribution in [-0.4, -0.2) is 22.0 Å². The lowest BCUT2D eigenvalue weighted by Gasteiger charge is -2.18. The Morgan fingerprint density at radius 2 is 2.10 bits per heavy atom. The van der Waals surface area contributed by atoms with Crippen molar-refractivity contribution < 1.29 is 9.84 Å². The van der Waals surface area contributed by atoms with Crippen molar-refractivity contribution in [3.63, 3.8) is 0 Å². The number of benzene rings is 1. The first-order chi connectivity index (χ1) is 9.45. The van der Waals surface area contributed by atoms with Crippen LogP contribution in [0.2, 0.25) is 5.02 Å². The quantitative estimate of drug-likeness (QED) is 0.898. The summed E-state index contributed by atoms with van der Waals surface area (Å²) in [7, 11) is 1.59. The molecular weight excluding hydrogens is 344 g/mol. The topological polar surface area (TPSA) is 47.3 Å². The molecule has 1 heterocycles. The molecule has 0 saturated heterocycles. The Bertz CT molecular complexity index is 613. The van der Waals surface area contributed by atoms with Crippen LogP contribution >= 0.6 is 27.5 Å². The van der Waals surface area contributed by atoms with Crippen LogP contribution in [0.3, 0.4) is 0 Å². The highest BCUT2D eigenvalue weighted by Gasteiger charge is 2.23. The Balaban J connectivity index is 2.51. The van der Waals surface area contributed by atoms with E-state index in [9.17, 15) is 5.11 Å². The standard InChI is InChI=1S/C14H16BrClN2O2/c1-8(2)18-13(12(16)7-17-18)14(19)10-6-9(20-3)4-5-11(10)15/h4-8,14,19H,1-3H3. The smallest absolute Gasteiger partial charge is 0.123 e. The van der Waals surface area contributed by atoms with Gasteiger partial charge in [-0.15, -0.1) is 0 Å². The Kier molecular flexibility index (Phi) is 4.73. The minimum atomic E-state index is -0.878. The molecule has 0 fully saturated rings. The second kappa shape index (κ2) is 6.16. The summed E-state index contributed by atoms with van der Waals surface area (Å²) in [4.78, 5) is 0. The number of hydrogen-bond donors (Lipinski definition) is 1. The second-order valence-corrected chi connectivity index (χ2v) is 5.97. The van der Waals surface area contributed by atoms with E-state index < -0.39 is 6.10 Å². The summed E-state index contributed by atoms with van der Waals surface area (Å²) in [5.41, 5.74) is 1.27. The largest absolute Gasteiger partial charge is 0.497 e. The van der Waals surface area contributed by atoms with Gasteiger partial charge in [0.15, 0.2) is 0 Å². The predicted octanol–water partition coefficient (Wildman–Crippen LogP) is 3.97. The van der Waals surface area contributed by atoms with Crippen LogP contribution in [0, 0.1) is 0 Å². The van der Waals surface area contributed by atoms with Gasteiger partial charge in [-0.05, 0) is 32.0 Å². The highest BCUT2D eigenvalue weighted by atomic mass is 79.9. The van der Waals surface area contributed by atoms with Crippen molar-refractivity contribution in [2.45, 2.75) is 26.0 Å². The molecule has 0 aliphatic heterocycles. The second-order valence-electron chi connectivity index (χ2n) is 4.71. The number of aliphatic hydroxyl groups is 1. The SMILES string of the molecule is COc1ccc(Br)c(C(O)c2c(Cl)cnn2C(C)C)c1. The van der Waals surface area contributed by atoms with Gasteiger partial charge in [0.1, 0.15) is 11.9 Å². The summed E-state index contributed by atoms with van der Waals surface area (Å²) in [5, 5.41) is 15.3. The van der Waals surface area contributed by atoms with Crippen LogP contribution in [-0.2, 0) is 0 Å². The zero-order valence-corrected chi connectivity index (χ0v) is 13.8. The van der Waals surface area contributed by atoms with E-state index in [0.29, 0.717) is 22.0 Å². The molecule has 0 radical (unpaired) electrons. The van der Waals surface area contributed by atoms with E-state index in [1.807, 2.05) is 26.0 Å². The van der Waals surface area contributed by atoms with Gasteiger partial charge in [-0.3, -0.25) is 4.68 Å². The van der Waals surface area contributed by atoms with E-state index in [1.165, 1.54) is 0 Å². The van der Waals surface area contributed by atoms with Gasteiger partial charge in [-0.2, -0.15) is 5.10 Å². The molecular formula is C14H16BrClN2O2. The number of ether oxygens (including phenoxy) is 1. The molecule has 0 bridgehead atoms. The number of rotatable bonds is 4. The maximum atomic E-state index is 10.7. The van der Waals surface area contributed by atoms with Gasteiger partial charge in [0, 0.05) is 16.1 Å². The zero-order valence-electron chi connectivity index (χ0n) is 11.5. The third kappa shape index (κ3) is 2.85. The number of nitrogens with zero attached hydrogens (tertiary/aromatic N) is 2. The van der Waals surface area contributed by atoms with Crippen molar-refractivity contribution in [3.8, 4) is 5.75 Å². The number of hydrogen-bond acceptors (Lipinski definition) is 3. The van der Waals surface area contributed by atoms with E-state index in [1.54, 1.807) is 24.1 Å². The van der Waals surface area contributed by atoms with Crippen LogP contribution in [0.15, 0.2) is 28.9 Å². The molecule has 108 valence electrons. The molecule has 0 spiro atoms. The summed E-state index contributed by atoms with van der Waals surface area (Å²) in [5.74, 6) is 0.675. The molecule has 0 aliphatic rings. The monoisotopic (exact) mass is 358 g/mol. The summed E-state index contributed by atoms with van der Waals surface area (Å²) >= 11 is 9.61. The van der Waals surface area contributed by atoms with Crippen molar-refractivity contribution in [1.29, 1.82) is 0 Å². The molecule has 20 heavy (non-hydrogen) atoms. The van der Waals surface area contributed by atoms with Crippen molar-refractivity contribution in [2.75, 3.05) is 7.11 Å². The Morgan fingerprint density at radius 3 is 2.70 bits per heavy atom. The molecule has 1 aromatic heterocycles. The fourth-order valence-corrected chi connectivity index (χ4v) is 2.72. The van der Waals surface area contributed by atoms with Crippen molar-refractivity contribution >= 4 is 27.5 Å². The van der Waals surface area contributed by atoms with Crippen molar-refractivity contribution in [3.05, 3.63) is 45.1 Å². The average Bonchev–Trinajstić information content (AvgIpc) is 2.80. The Labute approximate surface area is 131 Å². The fourth-order valence-electron chi connectivity index (χ4n) is 2.02.